The van der Waals surface area contributed by atoms with Gasteiger partial charge in [0, 0.05) is 11.3 Å². The first-order valence-corrected chi connectivity index (χ1v) is 5.24. The maximum atomic E-state index is 9.15. The number of aromatic nitrogens is 2. The minimum absolute atomic E-state index is 0.0239. The minimum atomic E-state index is 0.0239. The third kappa shape index (κ3) is 0.753. The van der Waals surface area contributed by atoms with Crippen molar-refractivity contribution >= 4 is 0 Å². The number of nitrogens with zero attached hydrogens (tertiary/aromatic N) is 2. The first-order valence-electron chi connectivity index (χ1n) is 5.24. The van der Waals surface area contributed by atoms with Crippen LogP contribution < -0.4 is 0 Å². The van der Waals surface area contributed by atoms with Crippen molar-refractivity contribution < 1.29 is 5.11 Å². The molecule has 3 heteroatoms. The van der Waals surface area contributed by atoms with Gasteiger partial charge in [-0.05, 0) is 30.6 Å². The van der Waals surface area contributed by atoms with Crippen LogP contribution in [0, 0.1) is 18.3 Å². The molecule has 1 aromatic rings. The Hall–Kier alpha value is -0.830. The molecule has 1 saturated carbocycles. The average Bonchev–Trinajstić information content (AvgIpc) is 2.56. The lowest BCUT2D eigenvalue weighted by Gasteiger charge is -2.09. The van der Waals surface area contributed by atoms with Gasteiger partial charge in [-0.3, -0.25) is 0 Å². The Morgan fingerprint density at radius 3 is 2.93 bits per heavy atom. The maximum Gasteiger partial charge on any atom is 0.136 e. The summed E-state index contributed by atoms with van der Waals surface area (Å²) >= 11 is 0. The molecule has 2 aliphatic carbocycles. The maximum absolute atomic E-state index is 9.15. The van der Waals surface area contributed by atoms with Gasteiger partial charge in [0.1, 0.15) is 6.73 Å². The lowest BCUT2D eigenvalue weighted by atomic mass is 9.98. The van der Waals surface area contributed by atoms with Gasteiger partial charge in [0.05, 0.1) is 5.69 Å². The Morgan fingerprint density at radius 1 is 1.57 bits per heavy atom. The second kappa shape index (κ2) is 2.22. The molecule has 2 atom stereocenters. The molecule has 0 aromatic carbocycles. The molecule has 14 heavy (non-hydrogen) atoms. The van der Waals surface area contributed by atoms with Gasteiger partial charge in [-0.15, -0.1) is 0 Å². The summed E-state index contributed by atoms with van der Waals surface area (Å²) in [7, 11) is 0. The number of aliphatic hydroxyl groups is 1. The van der Waals surface area contributed by atoms with Crippen molar-refractivity contribution in [1.82, 2.24) is 9.78 Å². The molecule has 0 bridgehead atoms. The molecule has 1 aromatic heterocycles. The van der Waals surface area contributed by atoms with Gasteiger partial charge in [-0.2, -0.15) is 5.10 Å². The fraction of sp³-hybridized carbons (Fsp3) is 0.727. The summed E-state index contributed by atoms with van der Waals surface area (Å²) < 4.78 is 1.76. The number of aliphatic hydroxyl groups excluding tert-OH is 1. The highest BCUT2D eigenvalue weighted by Crippen LogP contribution is 2.70. The molecule has 0 spiro atoms. The zero-order chi connectivity index (χ0) is 10.1. The molecule has 2 aliphatic rings. The van der Waals surface area contributed by atoms with Crippen molar-refractivity contribution in [1.29, 1.82) is 0 Å². The number of hydrogen-bond acceptors (Lipinski definition) is 2. The standard InChI is InChI=1S/C11H16N2O/c1-6-9-8(13(5-14)12-6)4-7-10(9)11(7,2)3/h7,10,14H,4-5H2,1-3H3. The smallest absolute Gasteiger partial charge is 0.136 e. The first-order chi connectivity index (χ1) is 6.57. The second-order valence-electron chi connectivity index (χ2n) is 5.20. The van der Waals surface area contributed by atoms with E-state index in [9.17, 15) is 0 Å². The van der Waals surface area contributed by atoms with Gasteiger partial charge >= 0.3 is 0 Å². The van der Waals surface area contributed by atoms with Crippen LogP contribution in [0.3, 0.4) is 0 Å². The zero-order valence-electron chi connectivity index (χ0n) is 8.91. The van der Waals surface area contributed by atoms with Gasteiger partial charge in [0.15, 0.2) is 0 Å². The fourth-order valence-corrected chi connectivity index (χ4v) is 3.29. The third-order valence-corrected chi connectivity index (χ3v) is 4.19. The van der Waals surface area contributed by atoms with Crippen LogP contribution in [0.1, 0.15) is 36.7 Å². The van der Waals surface area contributed by atoms with E-state index in [1.807, 2.05) is 0 Å². The molecular formula is C11H16N2O. The van der Waals surface area contributed by atoms with E-state index < -0.39 is 0 Å². The molecule has 76 valence electrons. The van der Waals surface area contributed by atoms with Crippen molar-refractivity contribution in [3.63, 3.8) is 0 Å². The summed E-state index contributed by atoms with van der Waals surface area (Å²) in [5, 5.41) is 13.5. The average molecular weight is 192 g/mol. The lowest BCUT2D eigenvalue weighted by molar-refractivity contribution is 0.190. The predicted octanol–water partition coefficient (Wildman–Crippen LogP) is 1.44. The molecule has 3 rings (SSSR count). The molecule has 1 N–H and O–H groups in total. The Kier molecular flexibility index (Phi) is 1.34. The van der Waals surface area contributed by atoms with Gasteiger partial charge in [-0.25, -0.2) is 4.68 Å². The van der Waals surface area contributed by atoms with Crippen molar-refractivity contribution in [2.45, 2.75) is 39.8 Å². The Labute approximate surface area is 83.7 Å². The van der Waals surface area contributed by atoms with Gasteiger partial charge in [0.2, 0.25) is 0 Å². The van der Waals surface area contributed by atoms with Gasteiger partial charge in [-0.1, -0.05) is 13.8 Å². The predicted molar refractivity (Wildman–Crippen MR) is 52.9 cm³/mol. The van der Waals surface area contributed by atoms with Crippen molar-refractivity contribution in [2.75, 3.05) is 0 Å². The van der Waals surface area contributed by atoms with Crippen LogP contribution in [0.5, 0.6) is 0 Å². The minimum Gasteiger partial charge on any atom is -0.374 e. The van der Waals surface area contributed by atoms with Crippen LogP contribution in [0.25, 0.3) is 0 Å². The Balaban J connectivity index is 2.11. The van der Waals surface area contributed by atoms with Crippen LogP contribution in [-0.4, -0.2) is 14.9 Å². The van der Waals surface area contributed by atoms with Crippen LogP contribution in [0.4, 0.5) is 0 Å². The topological polar surface area (TPSA) is 38.0 Å². The summed E-state index contributed by atoms with van der Waals surface area (Å²) in [5.41, 5.74) is 4.29. The van der Waals surface area contributed by atoms with Crippen molar-refractivity contribution in [3.05, 3.63) is 17.0 Å². The van der Waals surface area contributed by atoms with E-state index >= 15 is 0 Å². The van der Waals surface area contributed by atoms with E-state index in [4.69, 9.17) is 5.11 Å². The Morgan fingerprint density at radius 2 is 2.29 bits per heavy atom. The summed E-state index contributed by atoms with van der Waals surface area (Å²) in [4.78, 5) is 0. The molecule has 3 nitrogen and oxygen atoms in total. The molecule has 0 amide bonds. The van der Waals surface area contributed by atoms with Crippen LogP contribution in [-0.2, 0) is 13.2 Å². The van der Waals surface area contributed by atoms with Gasteiger partial charge in [0.25, 0.3) is 0 Å². The number of rotatable bonds is 1. The lowest BCUT2D eigenvalue weighted by Crippen LogP contribution is -2.07. The molecule has 0 saturated heterocycles. The van der Waals surface area contributed by atoms with E-state index in [0.29, 0.717) is 11.3 Å². The van der Waals surface area contributed by atoms with Crippen LogP contribution in [0.15, 0.2) is 0 Å². The summed E-state index contributed by atoms with van der Waals surface area (Å²) in [6.45, 7) is 6.75. The monoisotopic (exact) mass is 192 g/mol. The highest BCUT2D eigenvalue weighted by Gasteiger charge is 2.63. The highest BCUT2D eigenvalue weighted by atomic mass is 16.3. The molecule has 2 unspecified atom stereocenters. The highest BCUT2D eigenvalue weighted by molar-refractivity contribution is 5.45. The second-order valence-corrected chi connectivity index (χ2v) is 5.20. The Bertz CT molecular complexity index is 406. The normalized spacial score (nSPS) is 31.4. The molecule has 1 fully saturated rings. The molecule has 1 heterocycles. The summed E-state index contributed by atoms with van der Waals surface area (Å²) in [5.74, 6) is 1.50. The van der Waals surface area contributed by atoms with Crippen LogP contribution >= 0.6 is 0 Å². The van der Waals surface area contributed by atoms with E-state index in [-0.39, 0.29) is 6.73 Å². The van der Waals surface area contributed by atoms with Crippen LogP contribution in [0.2, 0.25) is 0 Å². The number of hydrogen-bond donors (Lipinski definition) is 1. The molecular weight excluding hydrogens is 176 g/mol. The summed E-state index contributed by atoms with van der Waals surface area (Å²) in [6.07, 6.45) is 1.11. The SMILES string of the molecule is Cc1nn(CO)c2c1C1C(C2)C1(C)C. The van der Waals surface area contributed by atoms with E-state index in [2.05, 4.69) is 25.9 Å². The van der Waals surface area contributed by atoms with Gasteiger partial charge < -0.3 is 5.11 Å². The molecule has 0 aliphatic heterocycles. The zero-order valence-corrected chi connectivity index (χ0v) is 8.91. The largest absolute Gasteiger partial charge is 0.374 e. The summed E-state index contributed by atoms with van der Waals surface area (Å²) in [6, 6.07) is 0. The van der Waals surface area contributed by atoms with Crippen molar-refractivity contribution in [2.24, 2.45) is 11.3 Å². The van der Waals surface area contributed by atoms with E-state index in [1.54, 1.807) is 4.68 Å². The fourth-order valence-electron chi connectivity index (χ4n) is 3.29. The van der Waals surface area contributed by atoms with E-state index in [1.165, 1.54) is 11.3 Å². The van der Waals surface area contributed by atoms with Crippen molar-refractivity contribution in [3.8, 4) is 0 Å². The first kappa shape index (κ1) is 8.48. The third-order valence-electron chi connectivity index (χ3n) is 4.19. The quantitative estimate of drug-likeness (QED) is 0.731. The number of fused-ring (bicyclic) bond motifs is 3. The molecule has 0 radical (unpaired) electrons. The van der Waals surface area contributed by atoms with E-state index in [0.717, 1.165) is 18.0 Å². The number of aryl methyl sites for hydroxylation is 1.